The molecular weight excluding hydrogens is 473 g/mol. The third-order valence-electron chi connectivity index (χ3n) is 6.10. The quantitative estimate of drug-likeness (QED) is 0.387. The molecule has 1 aliphatic carbocycles. The van der Waals surface area contributed by atoms with E-state index in [-0.39, 0.29) is 11.2 Å². The second-order valence-corrected chi connectivity index (χ2v) is 10.1. The molecule has 5 rings (SSSR count). The van der Waals surface area contributed by atoms with Gasteiger partial charge in [-0.05, 0) is 54.3 Å². The number of ketones is 1. The summed E-state index contributed by atoms with van der Waals surface area (Å²) in [7, 11) is 0. The fraction of sp³-hybridized carbons (Fsp3) is 0.231. The third kappa shape index (κ3) is 4.08. The molecule has 2 heterocycles. The fourth-order valence-corrected chi connectivity index (χ4v) is 4.98. The van der Waals surface area contributed by atoms with E-state index in [0.717, 1.165) is 11.4 Å². The van der Waals surface area contributed by atoms with Crippen LogP contribution in [0.3, 0.4) is 0 Å². The Morgan fingerprint density at radius 3 is 2.62 bits per heavy atom. The first-order valence-corrected chi connectivity index (χ1v) is 11.7. The van der Waals surface area contributed by atoms with Crippen LogP contribution in [0.5, 0.6) is 0 Å². The normalized spacial score (nSPS) is 19.1. The minimum atomic E-state index is -0.743. The van der Waals surface area contributed by atoms with E-state index in [1.165, 1.54) is 0 Å². The molecule has 2 aliphatic rings. The molecule has 0 bridgehead atoms. The van der Waals surface area contributed by atoms with Crippen LogP contribution in [0.2, 0.25) is 10.0 Å². The highest BCUT2D eigenvalue weighted by molar-refractivity contribution is 6.42. The lowest BCUT2D eigenvalue weighted by Gasteiger charge is -2.36. The largest absolute Gasteiger partial charge is 0.467 e. The van der Waals surface area contributed by atoms with Crippen LogP contribution in [0.15, 0.2) is 76.5 Å². The Morgan fingerprint density at radius 2 is 1.88 bits per heavy atom. The molecule has 8 heteroatoms. The van der Waals surface area contributed by atoms with Crippen LogP contribution in [0.4, 0.5) is 21.9 Å². The molecule has 0 saturated carbocycles. The second kappa shape index (κ2) is 8.53. The van der Waals surface area contributed by atoms with Gasteiger partial charge in [-0.1, -0.05) is 49.2 Å². The molecule has 34 heavy (non-hydrogen) atoms. The van der Waals surface area contributed by atoms with E-state index >= 15 is 0 Å². The second-order valence-electron chi connectivity index (χ2n) is 9.32. The van der Waals surface area contributed by atoms with Gasteiger partial charge < -0.3 is 15.1 Å². The smallest absolute Gasteiger partial charge is 0.327 e. The van der Waals surface area contributed by atoms with Gasteiger partial charge in [0, 0.05) is 23.4 Å². The van der Waals surface area contributed by atoms with Crippen molar-refractivity contribution in [2.24, 2.45) is 5.41 Å². The number of benzene rings is 2. The lowest BCUT2D eigenvalue weighted by molar-refractivity contribution is -0.118. The van der Waals surface area contributed by atoms with Crippen molar-refractivity contribution in [2.75, 3.05) is 15.5 Å². The van der Waals surface area contributed by atoms with Crippen molar-refractivity contribution in [3.8, 4) is 0 Å². The number of halogens is 2. The van der Waals surface area contributed by atoms with Crippen molar-refractivity contribution < 1.29 is 14.0 Å². The summed E-state index contributed by atoms with van der Waals surface area (Å²) in [6.07, 6.45) is 2.59. The third-order valence-corrected chi connectivity index (χ3v) is 6.84. The van der Waals surface area contributed by atoms with E-state index in [2.05, 4.69) is 24.5 Å². The molecule has 6 nitrogen and oxygen atoms in total. The van der Waals surface area contributed by atoms with Crippen LogP contribution in [-0.4, -0.2) is 11.8 Å². The van der Waals surface area contributed by atoms with E-state index in [9.17, 15) is 9.59 Å². The van der Waals surface area contributed by atoms with Crippen molar-refractivity contribution in [1.29, 1.82) is 0 Å². The average molecular weight is 496 g/mol. The summed E-state index contributed by atoms with van der Waals surface area (Å²) in [5.41, 5.74) is 2.98. The van der Waals surface area contributed by atoms with Gasteiger partial charge in [0.2, 0.25) is 0 Å². The number of hydrogen-bond donors (Lipinski definition) is 2. The number of nitrogens with one attached hydrogen (secondary N) is 2. The number of anilines is 3. The number of para-hydroxylation sites is 2. The number of nitrogens with zero attached hydrogens (tertiary/aromatic N) is 1. The van der Waals surface area contributed by atoms with Crippen LogP contribution < -0.4 is 15.5 Å². The summed E-state index contributed by atoms with van der Waals surface area (Å²) in [6, 6.07) is 14.7. The lowest BCUT2D eigenvalue weighted by atomic mass is 9.74. The summed E-state index contributed by atoms with van der Waals surface area (Å²) in [4.78, 5) is 28.9. The van der Waals surface area contributed by atoms with E-state index in [1.807, 2.05) is 24.3 Å². The zero-order valence-corrected chi connectivity index (χ0v) is 20.2. The highest BCUT2D eigenvalue weighted by Gasteiger charge is 2.44. The minimum Gasteiger partial charge on any atom is -0.467 e. The number of fused-ring (bicyclic) bond motifs is 1. The number of carbonyl (C=O) groups excluding carboxylic acids is 2. The zero-order chi connectivity index (χ0) is 24.0. The number of furan rings is 1. The molecule has 2 aromatic carbocycles. The molecule has 2 amide bonds. The van der Waals surface area contributed by atoms with E-state index in [4.69, 9.17) is 27.6 Å². The number of Topliss-reactive ketones (excluding diaryl/α,β-unsaturated/α-hetero) is 1. The lowest BCUT2D eigenvalue weighted by Crippen LogP contribution is -2.41. The topological polar surface area (TPSA) is 74.6 Å². The number of allylic oxidation sites excluding steroid dienone is 1. The van der Waals surface area contributed by atoms with Crippen molar-refractivity contribution >= 4 is 52.1 Å². The molecule has 0 saturated heterocycles. The first kappa shape index (κ1) is 22.6. The molecule has 2 N–H and O–H groups in total. The van der Waals surface area contributed by atoms with Crippen LogP contribution >= 0.6 is 23.2 Å². The number of hydrogen-bond acceptors (Lipinski definition) is 4. The monoisotopic (exact) mass is 495 g/mol. The van der Waals surface area contributed by atoms with Gasteiger partial charge in [0.25, 0.3) is 0 Å². The summed E-state index contributed by atoms with van der Waals surface area (Å²) in [5, 5.41) is 7.09. The summed E-state index contributed by atoms with van der Waals surface area (Å²) < 4.78 is 5.78. The Bertz CT molecular complexity index is 1310. The fourth-order valence-electron chi connectivity index (χ4n) is 4.68. The molecule has 1 atom stereocenters. The molecule has 3 aromatic rings. The van der Waals surface area contributed by atoms with Gasteiger partial charge >= 0.3 is 6.03 Å². The van der Waals surface area contributed by atoms with Gasteiger partial charge in [-0.15, -0.1) is 0 Å². The highest BCUT2D eigenvalue weighted by atomic mass is 35.5. The number of amides is 2. The van der Waals surface area contributed by atoms with Gasteiger partial charge in [0.1, 0.15) is 11.8 Å². The average Bonchev–Trinajstić information content (AvgIpc) is 3.25. The molecule has 1 aliphatic heterocycles. The molecule has 0 spiro atoms. The van der Waals surface area contributed by atoms with Crippen molar-refractivity contribution in [2.45, 2.75) is 32.7 Å². The van der Waals surface area contributed by atoms with Crippen molar-refractivity contribution in [1.82, 2.24) is 0 Å². The highest BCUT2D eigenvalue weighted by Crippen LogP contribution is 2.48. The van der Waals surface area contributed by atoms with Crippen molar-refractivity contribution in [3.63, 3.8) is 0 Å². The maximum atomic E-state index is 13.8. The standard InChI is InChI=1S/C26H23Cl2N3O3/c1-26(2)13-19-23(21(32)14-26)24(22-8-5-11-34-22)31(20-7-4-3-6-18(20)30-19)25(33)29-15-9-10-16(27)17(28)12-15/h3-12,24,30H,13-14H2,1-2H3,(H,29,33). The summed E-state index contributed by atoms with van der Waals surface area (Å²) >= 11 is 12.2. The molecule has 1 aromatic heterocycles. The molecular formula is C26H23Cl2N3O3. The van der Waals surface area contributed by atoms with Crippen LogP contribution in [0.25, 0.3) is 0 Å². The van der Waals surface area contributed by atoms with Gasteiger partial charge in [-0.25, -0.2) is 4.79 Å². The van der Waals surface area contributed by atoms with Crippen LogP contribution in [-0.2, 0) is 4.79 Å². The van der Waals surface area contributed by atoms with E-state index in [0.29, 0.717) is 45.6 Å². The summed E-state index contributed by atoms with van der Waals surface area (Å²) in [5.74, 6) is 0.489. The van der Waals surface area contributed by atoms with Gasteiger partial charge in [0.05, 0.1) is 27.7 Å². The van der Waals surface area contributed by atoms with Gasteiger partial charge in [-0.2, -0.15) is 0 Å². The first-order chi connectivity index (χ1) is 16.2. The number of urea groups is 1. The van der Waals surface area contributed by atoms with Crippen LogP contribution in [0, 0.1) is 5.41 Å². The number of rotatable bonds is 2. The van der Waals surface area contributed by atoms with E-state index < -0.39 is 12.1 Å². The maximum absolute atomic E-state index is 13.8. The Labute approximate surface area is 207 Å². The maximum Gasteiger partial charge on any atom is 0.327 e. The minimum absolute atomic E-state index is 0.0136. The predicted molar refractivity (Wildman–Crippen MR) is 135 cm³/mol. The predicted octanol–water partition coefficient (Wildman–Crippen LogP) is 7.43. The molecule has 0 radical (unpaired) electrons. The molecule has 1 unspecified atom stereocenters. The Morgan fingerprint density at radius 1 is 1.09 bits per heavy atom. The first-order valence-electron chi connectivity index (χ1n) is 10.9. The van der Waals surface area contributed by atoms with Crippen molar-refractivity contribution in [3.05, 3.63) is 87.9 Å². The Balaban J connectivity index is 1.67. The van der Waals surface area contributed by atoms with Gasteiger partial charge in [-0.3, -0.25) is 9.69 Å². The molecule has 174 valence electrons. The zero-order valence-electron chi connectivity index (χ0n) is 18.7. The van der Waals surface area contributed by atoms with Crippen LogP contribution in [0.1, 0.15) is 38.5 Å². The molecule has 0 fully saturated rings. The van der Waals surface area contributed by atoms with Gasteiger partial charge in [0.15, 0.2) is 5.78 Å². The van der Waals surface area contributed by atoms with E-state index in [1.54, 1.807) is 41.5 Å². The SMILES string of the molecule is CC1(C)CC(=O)C2=C(C1)Nc1ccccc1N(C(=O)Nc1ccc(Cl)c(Cl)c1)C2c1ccco1. The summed E-state index contributed by atoms with van der Waals surface area (Å²) in [6.45, 7) is 4.15. The number of carbonyl (C=O) groups is 2. The Kier molecular flexibility index (Phi) is 5.66. The Hall–Kier alpha value is -3.22.